The van der Waals surface area contributed by atoms with Crippen LogP contribution in [0.2, 0.25) is 0 Å². The van der Waals surface area contributed by atoms with Gasteiger partial charge in [0.1, 0.15) is 6.26 Å². The van der Waals surface area contributed by atoms with Crippen molar-refractivity contribution in [1.29, 1.82) is 0 Å². The molecule has 1 heterocycles. The molecule has 0 aliphatic rings. The minimum Gasteiger partial charge on any atom is -0.453 e. The van der Waals surface area contributed by atoms with Crippen molar-refractivity contribution in [3.63, 3.8) is 0 Å². The van der Waals surface area contributed by atoms with Crippen molar-refractivity contribution in [2.24, 2.45) is 0 Å². The smallest absolute Gasteiger partial charge is 0.102 e. The highest BCUT2D eigenvalue weighted by molar-refractivity contribution is 7.55. The van der Waals surface area contributed by atoms with Gasteiger partial charge in [0.25, 0.3) is 0 Å². The lowest BCUT2D eigenvalue weighted by Gasteiger charge is -2.07. The molecule has 1 nitrogen and oxygen atoms in total. The van der Waals surface area contributed by atoms with E-state index in [-0.39, 0.29) is 7.77 Å². The van der Waals surface area contributed by atoms with Gasteiger partial charge in [0.05, 0.1) is 7.77 Å². The van der Waals surface area contributed by atoms with Crippen LogP contribution in [0, 0.1) is 0 Å². The summed E-state index contributed by atoms with van der Waals surface area (Å²) in [4.78, 5) is 0. The minimum atomic E-state index is -0.298. The van der Waals surface area contributed by atoms with Gasteiger partial charge in [-0.2, -0.15) is 0 Å². The third-order valence-corrected chi connectivity index (χ3v) is 3.59. The Kier molecular flexibility index (Phi) is 4.24. The Morgan fingerprint density at radius 3 is 2.67 bits per heavy atom. The zero-order valence-corrected chi connectivity index (χ0v) is 8.81. The molecule has 1 atom stereocenters. The average Bonchev–Trinajstić information content (AvgIpc) is 1.97. The molecule has 0 bridgehead atoms. The molecular formula is C10H17OP. The Bertz CT molecular complexity index is 223. The number of unbranched alkanes of at least 4 members (excludes halogenated alkanes) is 1. The van der Waals surface area contributed by atoms with E-state index in [0.29, 0.717) is 0 Å². The Morgan fingerprint density at radius 2 is 2.25 bits per heavy atom. The van der Waals surface area contributed by atoms with Crippen molar-refractivity contribution in [3.8, 4) is 0 Å². The first-order valence-electron chi connectivity index (χ1n) is 4.70. The fourth-order valence-electron chi connectivity index (χ4n) is 1.18. The van der Waals surface area contributed by atoms with Gasteiger partial charge >= 0.3 is 0 Å². The summed E-state index contributed by atoms with van der Waals surface area (Å²) in [7, 11) is -0.298. The predicted molar refractivity (Wildman–Crippen MR) is 55.5 cm³/mol. The van der Waals surface area contributed by atoms with Crippen LogP contribution >= 0.6 is 7.77 Å². The fraction of sp³-hybridized carbons (Fsp3) is 0.600. The first kappa shape index (κ1) is 9.67. The standard InChI is InChI=1S/C10H17OP/c1-3-5-7-10(6-4-2)12-9-8-11-12/h6,8-9H,3-5,7H2,1-2H3/b10-6+. The third-order valence-electron chi connectivity index (χ3n) is 1.88. The molecule has 1 rings (SSSR count). The highest BCUT2D eigenvalue weighted by atomic mass is 31.1. The second-order valence-electron chi connectivity index (χ2n) is 2.92. The van der Waals surface area contributed by atoms with Gasteiger partial charge < -0.3 is 4.20 Å². The van der Waals surface area contributed by atoms with Crippen LogP contribution in [0.3, 0.4) is 0 Å². The molecular weight excluding hydrogens is 167 g/mol. The third kappa shape index (κ3) is 2.57. The van der Waals surface area contributed by atoms with Crippen LogP contribution in [0.5, 0.6) is 0 Å². The molecule has 0 aliphatic heterocycles. The molecule has 1 unspecified atom stereocenters. The molecule has 2 heteroatoms. The Morgan fingerprint density at radius 1 is 1.50 bits per heavy atom. The zero-order chi connectivity index (χ0) is 8.81. The van der Waals surface area contributed by atoms with Gasteiger partial charge in [-0.25, -0.2) is 0 Å². The molecule has 0 radical (unpaired) electrons. The van der Waals surface area contributed by atoms with Crippen LogP contribution in [0.15, 0.2) is 22.3 Å². The second-order valence-corrected chi connectivity index (χ2v) is 4.66. The van der Waals surface area contributed by atoms with E-state index in [4.69, 9.17) is 4.20 Å². The van der Waals surface area contributed by atoms with Crippen molar-refractivity contribution >= 4 is 13.1 Å². The lowest BCUT2D eigenvalue weighted by Crippen LogP contribution is -1.76. The fourth-order valence-corrected chi connectivity index (χ4v) is 2.49. The molecule has 0 saturated carbocycles. The van der Waals surface area contributed by atoms with Crippen molar-refractivity contribution in [1.82, 2.24) is 0 Å². The van der Waals surface area contributed by atoms with Gasteiger partial charge in [-0.15, -0.1) is 0 Å². The maximum Gasteiger partial charge on any atom is 0.102 e. The van der Waals surface area contributed by atoms with Gasteiger partial charge in [0.15, 0.2) is 0 Å². The molecule has 0 spiro atoms. The molecule has 1 aromatic heterocycles. The lowest BCUT2D eigenvalue weighted by molar-refractivity contribution is 0.662. The van der Waals surface area contributed by atoms with E-state index in [0.717, 1.165) is 6.42 Å². The lowest BCUT2D eigenvalue weighted by atomic mass is 10.2. The number of hydrogen-bond donors (Lipinski definition) is 0. The van der Waals surface area contributed by atoms with Crippen LogP contribution in [0.1, 0.15) is 39.5 Å². The van der Waals surface area contributed by atoms with Gasteiger partial charge in [0.2, 0.25) is 0 Å². The van der Waals surface area contributed by atoms with E-state index in [1.54, 1.807) is 6.26 Å². The van der Waals surface area contributed by atoms with Crippen molar-refractivity contribution in [2.45, 2.75) is 39.5 Å². The zero-order valence-electron chi connectivity index (χ0n) is 7.92. The van der Waals surface area contributed by atoms with Gasteiger partial charge in [-0.1, -0.05) is 26.3 Å². The van der Waals surface area contributed by atoms with E-state index < -0.39 is 0 Å². The number of rotatable bonds is 5. The summed E-state index contributed by atoms with van der Waals surface area (Å²) in [6.45, 7) is 4.42. The average molecular weight is 184 g/mol. The summed E-state index contributed by atoms with van der Waals surface area (Å²) in [6.07, 6.45) is 9.05. The molecule has 1 aromatic rings. The van der Waals surface area contributed by atoms with Gasteiger partial charge in [-0.3, -0.25) is 0 Å². The van der Waals surface area contributed by atoms with E-state index in [1.165, 1.54) is 24.6 Å². The van der Waals surface area contributed by atoms with Crippen LogP contribution in [-0.2, 0) is 0 Å². The summed E-state index contributed by atoms with van der Waals surface area (Å²) < 4.78 is 5.36. The van der Waals surface area contributed by atoms with Crippen molar-refractivity contribution in [2.75, 3.05) is 0 Å². The maximum absolute atomic E-state index is 5.36. The Labute approximate surface area is 75.6 Å². The molecule has 0 fully saturated rings. The van der Waals surface area contributed by atoms with E-state index in [9.17, 15) is 0 Å². The molecule has 0 saturated heterocycles. The minimum absolute atomic E-state index is 0.298. The first-order valence-corrected chi connectivity index (χ1v) is 6.03. The predicted octanol–water partition coefficient (Wildman–Crippen LogP) is 4.71. The topological polar surface area (TPSA) is 13.1 Å². The molecule has 0 amide bonds. The quantitative estimate of drug-likeness (QED) is 0.646. The Balaban J connectivity index is 2.48. The normalized spacial score (nSPS) is 13.8. The largest absolute Gasteiger partial charge is 0.453 e. The molecule has 0 aliphatic carbocycles. The summed E-state index contributed by atoms with van der Waals surface area (Å²) in [6, 6.07) is 0. The highest BCUT2D eigenvalue weighted by Gasteiger charge is 2.03. The summed E-state index contributed by atoms with van der Waals surface area (Å²) in [5, 5.41) is 1.52. The van der Waals surface area contributed by atoms with Crippen LogP contribution in [0.4, 0.5) is 0 Å². The summed E-state index contributed by atoms with van der Waals surface area (Å²) in [5.74, 6) is 2.19. The summed E-state index contributed by atoms with van der Waals surface area (Å²) >= 11 is 0. The first-order chi connectivity index (χ1) is 5.88. The second kappa shape index (κ2) is 5.27. The SMILES string of the molecule is CC/C=C(\CCCC)p1cco1. The van der Waals surface area contributed by atoms with Crippen molar-refractivity contribution < 1.29 is 4.20 Å². The molecule has 12 heavy (non-hydrogen) atoms. The number of allylic oxidation sites excluding steroid dienone is 2. The van der Waals surface area contributed by atoms with Crippen LogP contribution < -0.4 is 0 Å². The molecule has 0 aromatic carbocycles. The van der Waals surface area contributed by atoms with Gasteiger partial charge in [-0.05, 0) is 19.3 Å². The highest BCUT2D eigenvalue weighted by Crippen LogP contribution is 2.43. The number of hydrogen-bond acceptors (Lipinski definition) is 1. The van der Waals surface area contributed by atoms with E-state index in [2.05, 4.69) is 25.7 Å². The molecule has 0 N–H and O–H groups in total. The van der Waals surface area contributed by atoms with Crippen LogP contribution in [0.25, 0.3) is 5.31 Å². The molecule has 68 valence electrons. The summed E-state index contributed by atoms with van der Waals surface area (Å²) in [5.41, 5.74) is 0. The Hall–Kier alpha value is -0.420. The monoisotopic (exact) mass is 184 g/mol. The van der Waals surface area contributed by atoms with E-state index in [1.807, 2.05) is 0 Å². The van der Waals surface area contributed by atoms with E-state index >= 15 is 0 Å². The van der Waals surface area contributed by atoms with Gasteiger partial charge in [0, 0.05) is 11.1 Å². The van der Waals surface area contributed by atoms with Crippen LogP contribution in [-0.4, -0.2) is 0 Å². The van der Waals surface area contributed by atoms with Crippen molar-refractivity contribution in [3.05, 3.63) is 18.1 Å². The maximum atomic E-state index is 5.36.